The number of nitrogens with zero attached hydrogens (tertiary/aromatic N) is 3. The first kappa shape index (κ1) is 11.1. The van der Waals surface area contributed by atoms with E-state index in [1.54, 1.807) is 6.33 Å². The number of hydrogen-bond acceptors (Lipinski definition) is 3. The molecule has 0 amide bonds. The van der Waals surface area contributed by atoms with E-state index >= 15 is 0 Å². The van der Waals surface area contributed by atoms with E-state index in [1.807, 2.05) is 6.20 Å². The van der Waals surface area contributed by atoms with Gasteiger partial charge in [0.15, 0.2) is 0 Å². The summed E-state index contributed by atoms with van der Waals surface area (Å²) in [7, 11) is 0. The smallest absolute Gasteiger partial charge is 0.115 e. The average molecular weight is 231 g/mol. The first-order valence-corrected chi connectivity index (χ1v) is 6.90. The zero-order valence-electron chi connectivity index (χ0n) is 10.6. The molecule has 2 heterocycles. The van der Waals surface area contributed by atoms with Crippen molar-refractivity contribution in [3.05, 3.63) is 23.8 Å². The molecule has 0 saturated carbocycles. The Bertz CT molecular complexity index is 389. The van der Waals surface area contributed by atoms with Crippen LogP contribution in [0.4, 0.5) is 0 Å². The van der Waals surface area contributed by atoms with Gasteiger partial charge in [-0.15, -0.1) is 0 Å². The van der Waals surface area contributed by atoms with Gasteiger partial charge < -0.3 is 0 Å². The summed E-state index contributed by atoms with van der Waals surface area (Å²) in [4.78, 5) is 11.3. The third-order valence-corrected chi connectivity index (χ3v) is 4.31. The fourth-order valence-corrected chi connectivity index (χ4v) is 3.52. The van der Waals surface area contributed by atoms with Crippen LogP contribution in [0, 0.1) is 5.92 Å². The molecule has 3 rings (SSSR count). The molecule has 1 aliphatic carbocycles. The van der Waals surface area contributed by atoms with Crippen molar-refractivity contribution in [2.24, 2.45) is 5.92 Å². The quantitative estimate of drug-likeness (QED) is 0.780. The van der Waals surface area contributed by atoms with Crippen LogP contribution >= 0.6 is 0 Å². The monoisotopic (exact) mass is 231 g/mol. The summed E-state index contributed by atoms with van der Waals surface area (Å²) in [6.45, 7) is 4.83. The van der Waals surface area contributed by atoms with Gasteiger partial charge in [-0.1, -0.05) is 6.92 Å². The van der Waals surface area contributed by atoms with Crippen LogP contribution in [-0.4, -0.2) is 34.0 Å². The van der Waals surface area contributed by atoms with Crippen molar-refractivity contribution in [2.45, 2.75) is 45.1 Å². The predicted molar refractivity (Wildman–Crippen MR) is 67.8 cm³/mol. The van der Waals surface area contributed by atoms with Crippen LogP contribution in [0.5, 0.6) is 0 Å². The summed E-state index contributed by atoms with van der Waals surface area (Å²) < 4.78 is 0. The van der Waals surface area contributed by atoms with E-state index in [1.165, 1.54) is 56.5 Å². The molecule has 92 valence electrons. The van der Waals surface area contributed by atoms with Crippen LogP contribution in [0.1, 0.15) is 37.4 Å². The zero-order chi connectivity index (χ0) is 11.7. The summed E-state index contributed by atoms with van der Waals surface area (Å²) in [5.74, 6) is 0.831. The second-order valence-corrected chi connectivity index (χ2v) is 5.41. The highest BCUT2D eigenvalue weighted by Crippen LogP contribution is 2.33. The lowest BCUT2D eigenvalue weighted by molar-refractivity contribution is 0.0844. The van der Waals surface area contributed by atoms with Gasteiger partial charge in [-0.25, -0.2) is 9.97 Å². The molecule has 0 radical (unpaired) electrons. The molecule has 1 aromatic rings. The maximum absolute atomic E-state index is 4.45. The summed E-state index contributed by atoms with van der Waals surface area (Å²) in [6, 6.07) is 0.752. The van der Waals surface area contributed by atoms with E-state index in [-0.39, 0.29) is 0 Å². The Morgan fingerprint density at radius 3 is 3.24 bits per heavy atom. The lowest BCUT2D eigenvalue weighted by Gasteiger charge is -2.44. The Kier molecular flexibility index (Phi) is 3.10. The van der Waals surface area contributed by atoms with E-state index in [0.717, 1.165) is 12.0 Å². The lowest BCUT2D eigenvalue weighted by Crippen LogP contribution is -2.49. The Labute approximate surface area is 103 Å². The highest BCUT2D eigenvalue weighted by molar-refractivity contribution is 5.22. The third-order valence-electron chi connectivity index (χ3n) is 4.31. The average Bonchev–Trinajstić information content (AvgIpc) is 2.37. The van der Waals surface area contributed by atoms with Crippen molar-refractivity contribution in [3.63, 3.8) is 0 Å². The van der Waals surface area contributed by atoms with Crippen molar-refractivity contribution in [3.8, 4) is 0 Å². The summed E-state index contributed by atoms with van der Waals surface area (Å²) in [5, 5.41) is 0. The molecule has 0 aromatic carbocycles. The second-order valence-electron chi connectivity index (χ2n) is 5.41. The van der Waals surface area contributed by atoms with Gasteiger partial charge in [0.2, 0.25) is 0 Å². The standard InChI is InChI=1S/C14H21N3/c1-2-5-17-6-3-4-11-7-13-12(8-14(11)17)9-15-10-16-13/h9-11,14H,2-8H2,1H3/t11-,14-/m1/s1. The highest BCUT2D eigenvalue weighted by atomic mass is 15.2. The summed E-state index contributed by atoms with van der Waals surface area (Å²) in [5.41, 5.74) is 2.69. The Hall–Kier alpha value is -0.960. The van der Waals surface area contributed by atoms with Crippen molar-refractivity contribution < 1.29 is 0 Å². The van der Waals surface area contributed by atoms with E-state index in [0.29, 0.717) is 0 Å². The number of rotatable bonds is 2. The van der Waals surface area contributed by atoms with Gasteiger partial charge in [0.05, 0.1) is 0 Å². The number of piperidine rings is 1. The largest absolute Gasteiger partial charge is 0.300 e. The Morgan fingerprint density at radius 2 is 2.35 bits per heavy atom. The van der Waals surface area contributed by atoms with Crippen molar-refractivity contribution >= 4 is 0 Å². The van der Waals surface area contributed by atoms with Crippen LogP contribution in [0.2, 0.25) is 0 Å². The van der Waals surface area contributed by atoms with Gasteiger partial charge in [0, 0.05) is 17.9 Å². The normalized spacial score (nSPS) is 28.5. The molecule has 0 spiro atoms. The maximum Gasteiger partial charge on any atom is 0.115 e. The Morgan fingerprint density at radius 1 is 1.41 bits per heavy atom. The topological polar surface area (TPSA) is 29.0 Å². The van der Waals surface area contributed by atoms with E-state index < -0.39 is 0 Å². The number of likely N-dealkylation sites (tertiary alicyclic amines) is 1. The molecular weight excluding hydrogens is 210 g/mol. The molecule has 0 unspecified atom stereocenters. The van der Waals surface area contributed by atoms with Crippen LogP contribution in [0.25, 0.3) is 0 Å². The van der Waals surface area contributed by atoms with E-state index in [4.69, 9.17) is 0 Å². The van der Waals surface area contributed by atoms with Crippen LogP contribution in [0.3, 0.4) is 0 Å². The number of fused-ring (bicyclic) bond motifs is 2. The fraction of sp³-hybridized carbons (Fsp3) is 0.714. The minimum absolute atomic E-state index is 0.752. The molecule has 2 atom stereocenters. The molecule has 3 nitrogen and oxygen atoms in total. The van der Waals surface area contributed by atoms with Gasteiger partial charge in [-0.3, -0.25) is 4.90 Å². The van der Waals surface area contributed by atoms with Crippen molar-refractivity contribution in [1.82, 2.24) is 14.9 Å². The van der Waals surface area contributed by atoms with Crippen molar-refractivity contribution in [2.75, 3.05) is 13.1 Å². The van der Waals surface area contributed by atoms with Gasteiger partial charge >= 0.3 is 0 Å². The molecule has 1 fully saturated rings. The maximum atomic E-state index is 4.45. The molecule has 1 aromatic heterocycles. The predicted octanol–water partition coefficient (Wildman–Crippen LogP) is 2.07. The number of aromatic nitrogens is 2. The highest BCUT2D eigenvalue weighted by Gasteiger charge is 2.35. The fourth-order valence-electron chi connectivity index (χ4n) is 3.52. The SMILES string of the molecule is CCCN1CCC[C@@H]2Cc3ncncc3C[C@H]21. The summed E-state index contributed by atoms with van der Waals surface area (Å²) in [6.07, 6.45) is 10.1. The second kappa shape index (κ2) is 4.73. The summed E-state index contributed by atoms with van der Waals surface area (Å²) >= 11 is 0. The first-order chi connectivity index (χ1) is 8.38. The molecule has 3 heteroatoms. The van der Waals surface area contributed by atoms with Gasteiger partial charge in [-0.2, -0.15) is 0 Å². The molecule has 2 aliphatic rings. The van der Waals surface area contributed by atoms with Gasteiger partial charge in [-0.05, 0) is 56.7 Å². The molecule has 17 heavy (non-hydrogen) atoms. The van der Waals surface area contributed by atoms with Crippen LogP contribution in [-0.2, 0) is 12.8 Å². The molecule has 1 saturated heterocycles. The first-order valence-electron chi connectivity index (χ1n) is 6.90. The molecule has 1 aliphatic heterocycles. The minimum Gasteiger partial charge on any atom is -0.300 e. The molecular formula is C14H21N3. The molecule has 0 bridgehead atoms. The molecule has 0 N–H and O–H groups in total. The van der Waals surface area contributed by atoms with Crippen LogP contribution in [0.15, 0.2) is 12.5 Å². The van der Waals surface area contributed by atoms with Gasteiger partial charge in [0.25, 0.3) is 0 Å². The van der Waals surface area contributed by atoms with E-state index in [2.05, 4.69) is 21.8 Å². The zero-order valence-corrected chi connectivity index (χ0v) is 10.6. The number of hydrogen-bond donors (Lipinski definition) is 0. The minimum atomic E-state index is 0.752. The lowest BCUT2D eigenvalue weighted by atomic mass is 9.77. The van der Waals surface area contributed by atoms with Crippen molar-refractivity contribution in [1.29, 1.82) is 0 Å². The van der Waals surface area contributed by atoms with Crippen LogP contribution < -0.4 is 0 Å². The Balaban J connectivity index is 1.84. The van der Waals surface area contributed by atoms with Gasteiger partial charge in [0.1, 0.15) is 6.33 Å². The third kappa shape index (κ3) is 2.08. The van der Waals surface area contributed by atoms with E-state index in [9.17, 15) is 0 Å².